The molecule has 2 heterocycles. The molecule has 134 valence electrons. The van der Waals surface area contributed by atoms with Crippen molar-refractivity contribution in [2.45, 2.75) is 44.6 Å². The molecule has 1 fully saturated rings. The summed E-state index contributed by atoms with van der Waals surface area (Å²) in [6.45, 7) is 0.343. The first-order chi connectivity index (χ1) is 12.1. The lowest BCUT2D eigenvalue weighted by atomic mass is 9.89. The molecular formula is C17H24N6OS. The average molecular weight is 360 g/mol. The van der Waals surface area contributed by atoms with E-state index >= 15 is 0 Å². The van der Waals surface area contributed by atoms with E-state index in [1.807, 2.05) is 25.2 Å². The Morgan fingerprint density at radius 1 is 1.28 bits per heavy atom. The third kappa shape index (κ3) is 4.88. The van der Waals surface area contributed by atoms with Gasteiger partial charge >= 0.3 is 6.03 Å². The summed E-state index contributed by atoms with van der Waals surface area (Å²) in [4.78, 5) is 28.1. The first-order valence-corrected chi connectivity index (χ1v) is 9.43. The van der Waals surface area contributed by atoms with Gasteiger partial charge in [-0.25, -0.2) is 19.7 Å². The molecule has 1 saturated carbocycles. The van der Waals surface area contributed by atoms with Crippen LogP contribution in [0, 0.1) is 0 Å². The molecule has 7 nitrogen and oxygen atoms in total. The van der Waals surface area contributed by atoms with E-state index in [0.717, 1.165) is 5.69 Å². The van der Waals surface area contributed by atoms with Gasteiger partial charge in [0, 0.05) is 31.4 Å². The molecule has 0 saturated heterocycles. The van der Waals surface area contributed by atoms with Crippen molar-refractivity contribution in [3.63, 3.8) is 0 Å². The number of nitrogens with one attached hydrogen (secondary N) is 2. The molecule has 0 radical (unpaired) electrons. The monoisotopic (exact) mass is 360 g/mol. The molecule has 1 aliphatic rings. The van der Waals surface area contributed by atoms with Gasteiger partial charge in [0.2, 0.25) is 5.95 Å². The van der Waals surface area contributed by atoms with Crippen LogP contribution in [0.2, 0.25) is 0 Å². The van der Waals surface area contributed by atoms with Crippen molar-refractivity contribution in [1.82, 2.24) is 20.3 Å². The van der Waals surface area contributed by atoms with Crippen molar-refractivity contribution in [1.29, 1.82) is 0 Å². The van der Waals surface area contributed by atoms with Crippen molar-refractivity contribution in [2.75, 3.05) is 24.3 Å². The summed E-state index contributed by atoms with van der Waals surface area (Å²) in [7, 11) is 3.76. The number of aromatic nitrogens is 3. The molecule has 25 heavy (non-hydrogen) atoms. The van der Waals surface area contributed by atoms with Gasteiger partial charge in [0.05, 0.1) is 12.2 Å². The number of nitrogens with zero attached hydrogens (tertiary/aromatic N) is 4. The molecule has 2 N–H and O–H groups in total. The fourth-order valence-electron chi connectivity index (χ4n) is 2.93. The van der Waals surface area contributed by atoms with E-state index in [9.17, 15) is 4.79 Å². The number of thiazole rings is 1. The lowest BCUT2D eigenvalue weighted by Gasteiger charge is -2.19. The molecule has 2 aromatic heterocycles. The number of hydrogen-bond acceptors (Lipinski definition) is 6. The molecule has 0 unspecified atom stereocenters. The highest BCUT2D eigenvalue weighted by Crippen LogP contribution is 2.36. The Labute approximate surface area is 151 Å². The van der Waals surface area contributed by atoms with Crippen LogP contribution in [0.15, 0.2) is 18.5 Å². The molecule has 0 aliphatic heterocycles. The Kier molecular flexibility index (Phi) is 5.80. The minimum Gasteiger partial charge on any atom is -0.347 e. The zero-order valence-corrected chi connectivity index (χ0v) is 15.5. The minimum atomic E-state index is -0.269. The Balaban J connectivity index is 1.51. The molecule has 0 aromatic carbocycles. The van der Waals surface area contributed by atoms with E-state index in [1.165, 1.54) is 37.0 Å². The van der Waals surface area contributed by atoms with Crippen LogP contribution in [-0.4, -0.2) is 35.1 Å². The average Bonchev–Trinajstić information content (AvgIpc) is 3.09. The van der Waals surface area contributed by atoms with E-state index in [2.05, 4.69) is 25.6 Å². The standard InChI is InChI=1S/C17H24N6OS/c1-23(2)15-18-9-8-13(21-15)10-19-16(24)22-17-20-11-14(25-17)12-6-4-3-5-7-12/h8-9,11-12H,3-7,10H2,1-2H3,(H2,19,20,22,24). The summed E-state index contributed by atoms with van der Waals surface area (Å²) in [6, 6.07) is 1.52. The number of urea groups is 1. The van der Waals surface area contributed by atoms with Crippen LogP contribution in [0.5, 0.6) is 0 Å². The smallest absolute Gasteiger partial charge is 0.321 e. The number of hydrogen-bond donors (Lipinski definition) is 2. The van der Waals surface area contributed by atoms with Crippen LogP contribution in [0.25, 0.3) is 0 Å². The number of anilines is 2. The van der Waals surface area contributed by atoms with Gasteiger partial charge in [-0.15, -0.1) is 11.3 Å². The Morgan fingerprint density at radius 2 is 2.08 bits per heavy atom. The highest BCUT2D eigenvalue weighted by molar-refractivity contribution is 7.15. The highest BCUT2D eigenvalue weighted by atomic mass is 32.1. The minimum absolute atomic E-state index is 0.269. The Bertz CT molecular complexity index is 711. The third-order valence-electron chi connectivity index (χ3n) is 4.28. The van der Waals surface area contributed by atoms with E-state index in [0.29, 0.717) is 23.5 Å². The van der Waals surface area contributed by atoms with Crippen LogP contribution in [0.4, 0.5) is 15.9 Å². The van der Waals surface area contributed by atoms with Crippen LogP contribution >= 0.6 is 11.3 Å². The van der Waals surface area contributed by atoms with Gasteiger partial charge in [0.25, 0.3) is 0 Å². The van der Waals surface area contributed by atoms with Gasteiger partial charge in [0.15, 0.2) is 5.13 Å². The lowest BCUT2D eigenvalue weighted by Crippen LogP contribution is -2.28. The summed E-state index contributed by atoms with van der Waals surface area (Å²) in [5.74, 6) is 1.23. The number of amides is 2. The first kappa shape index (κ1) is 17.6. The number of rotatable bonds is 5. The second-order valence-electron chi connectivity index (χ2n) is 6.45. The van der Waals surface area contributed by atoms with Gasteiger partial charge in [-0.2, -0.15) is 0 Å². The molecule has 2 aromatic rings. The molecular weight excluding hydrogens is 336 g/mol. The molecule has 0 spiro atoms. The SMILES string of the molecule is CN(C)c1nccc(CNC(=O)Nc2ncc(C3CCCCC3)s2)n1. The fourth-order valence-corrected chi connectivity index (χ4v) is 3.91. The molecule has 1 aliphatic carbocycles. The predicted molar refractivity (Wildman–Crippen MR) is 100 cm³/mol. The maximum Gasteiger partial charge on any atom is 0.321 e. The first-order valence-electron chi connectivity index (χ1n) is 8.61. The largest absolute Gasteiger partial charge is 0.347 e. The van der Waals surface area contributed by atoms with Gasteiger partial charge in [-0.3, -0.25) is 5.32 Å². The normalized spacial score (nSPS) is 15.0. The van der Waals surface area contributed by atoms with Crippen LogP contribution < -0.4 is 15.5 Å². The highest BCUT2D eigenvalue weighted by Gasteiger charge is 2.18. The number of carbonyl (C=O) groups is 1. The van der Waals surface area contributed by atoms with Crippen LogP contribution in [0.1, 0.15) is 48.6 Å². The molecule has 0 atom stereocenters. The summed E-state index contributed by atoms with van der Waals surface area (Å²) in [5, 5.41) is 6.27. The zero-order chi connectivity index (χ0) is 17.6. The molecule has 3 rings (SSSR count). The van der Waals surface area contributed by atoms with Crippen molar-refractivity contribution in [2.24, 2.45) is 0 Å². The molecule has 8 heteroatoms. The quantitative estimate of drug-likeness (QED) is 0.854. The predicted octanol–water partition coefficient (Wildman–Crippen LogP) is 3.37. The van der Waals surface area contributed by atoms with Crippen molar-refractivity contribution < 1.29 is 4.79 Å². The van der Waals surface area contributed by atoms with Crippen molar-refractivity contribution >= 4 is 28.4 Å². The van der Waals surface area contributed by atoms with Gasteiger partial charge < -0.3 is 10.2 Å². The second kappa shape index (κ2) is 8.24. The van der Waals surface area contributed by atoms with Crippen LogP contribution in [-0.2, 0) is 6.54 Å². The zero-order valence-electron chi connectivity index (χ0n) is 14.7. The molecule has 2 amide bonds. The second-order valence-corrected chi connectivity index (χ2v) is 7.52. The Morgan fingerprint density at radius 3 is 2.84 bits per heavy atom. The maximum atomic E-state index is 12.1. The summed E-state index contributed by atoms with van der Waals surface area (Å²) in [5.41, 5.74) is 0.760. The van der Waals surface area contributed by atoms with E-state index < -0.39 is 0 Å². The number of carbonyl (C=O) groups excluding carboxylic acids is 1. The lowest BCUT2D eigenvalue weighted by molar-refractivity contribution is 0.251. The van der Waals surface area contributed by atoms with E-state index in [1.54, 1.807) is 23.6 Å². The summed E-state index contributed by atoms with van der Waals surface area (Å²) in [6.07, 6.45) is 9.98. The van der Waals surface area contributed by atoms with Gasteiger partial charge in [-0.1, -0.05) is 19.3 Å². The van der Waals surface area contributed by atoms with Crippen molar-refractivity contribution in [3.05, 3.63) is 29.0 Å². The van der Waals surface area contributed by atoms with E-state index in [4.69, 9.17) is 0 Å². The van der Waals surface area contributed by atoms with Gasteiger partial charge in [0.1, 0.15) is 0 Å². The third-order valence-corrected chi connectivity index (χ3v) is 5.36. The summed E-state index contributed by atoms with van der Waals surface area (Å²) >= 11 is 1.58. The van der Waals surface area contributed by atoms with Crippen LogP contribution in [0.3, 0.4) is 0 Å². The Hall–Kier alpha value is -2.22. The maximum absolute atomic E-state index is 12.1. The van der Waals surface area contributed by atoms with Crippen molar-refractivity contribution in [3.8, 4) is 0 Å². The van der Waals surface area contributed by atoms with E-state index in [-0.39, 0.29) is 6.03 Å². The topological polar surface area (TPSA) is 83.0 Å². The van der Waals surface area contributed by atoms with Gasteiger partial charge in [-0.05, 0) is 24.8 Å². The molecule has 0 bridgehead atoms. The summed E-state index contributed by atoms with van der Waals surface area (Å²) < 4.78 is 0. The fraction of sp³-hybridized carbons (Fsp3) is 0.529.